The van der Waals surface area contributed by atoms with E-state index in [9.17, 15) is 14.4 Å². The van der Waals surface area contributed by atoms with Crippen molar-refractivity contribution in [1.29, 1.82) is 0 Å². The number of amides is 2. The van der Waals surface area contributed by atoms with Crippen molar-refractivity contribution in [2.24, 2.45) is 0 Å². The van der Waals surface area contributed by atoms with Crippen molar-refractivity contribution in [3.8, 4) is 0 Å². The number of hydrogen-bond donors (Lipinski definition) is 2. The Morgan fingerprint density at radius 3 is 2.84 bits per heavy atom. The summed E-state index contributed by atoms with van der Waals surface area (Å²) in [5.41, 5.74) is 0. The van der Waals surface area contributed by atoms with Crippen LogP contribution in [0.2, 0.25) is 0 Å². The van der Waals surface area contributed by atoms with E-state index in [0.717, 1.165) is 0 Å². The third-order valence-corrected chi connectivity index (χ3v) is 2.54. The molecule has 0 radical (unpaired) electrons. The zero-order valence-electron chi connectivity index (χ0n) is 10.8. The topological polar surface area (TPSA) is 105 Å². The molecule has 1 saturated heterocycles. The number of hydrogen-bond acceptors (Lipinski definition) is 5. The summed E-state index contributed by atoms with van der Waals surface area (Å²) in [5, 5.41) is 11.3. The number of aliphatic carboxylic acids is 1. The Hall–Kier alpha value is -1.83. The lowest BCUT2D eigenvalue weighted by molar-refractivity contribution is -0.154. The SMILES string of the molecule is CCOC(=O)CCNC(=O)N1CCOC(C(=O)O)C1. The van der Waals surface area contributed by atoms with Gasteiger partial charge in [0.15, 0.2) is 6.10 Å². The first-order valence-electron chi connectivity index (χ1n) is 6.07. The van der Waals surface area contributed by atoms with Crippen molar-refractivity contribution in [2.75, 3.05) is 32.8 Å². The minimum absolute atomic E-state index is 0.000569. The number of urea groups is 1. The van der Waals surface area contributed by atoms with Crippen molar-refractivity contribution < 1.29 is 29.0 Å². The molecule has 1 aliphatic rings. The van der Waals surface area contributed by atoms with Crippen LogP contribution in [0, 0.1) is 0 Å². The van der Waals surface area contributed by atoms with E-state index in [1.807, 2.05) is 0 Å². The number of nitrogens with zero attached hydrogens (tertiary/aromatic N) is 1. The van der Waals surface area contributed by atoms with Crippen LogP contribution in [0.1, 0.15) is 13.3 Å². The molecule has 0 spiro atoms. The van der Waals surface area contributed by atoms with E-state index in [-0.39, 0.29) is 32.1 Å². The van der Waals surface area contributed by atoms with Gasteiger partial charge in [-0.2, -0.15) is 0 Å². The van der Waals surface area contributed by atoms with Gasteiger partial charge in [0.2, 0.25) is 0 Å². The Labute approximate surface area is 110 Å². The first kappa shape index (κ1) is 15.2. The molecule has 0 bridgehead atoms. The van der Waals surface area contributed by atoms with Crippen molar-refractivity contribution >= 4 is 18.0 Å². The summed E-state index contributed by atoms with van der Waals surface area (Å²) in [6, 6.07) is -0.404. The van der Waals surface area contributed by atoms with Crippen LogP contribution in [0.15, 0.2) is 0 Å². The van der Waals surface area contributed by atoms with Crippen LogP contribution in [0.25, 0.3) is 0 Å². The minimum Gasteiger partial charge on any atom is -0.479 e. The summed E-state index contributed by atoms with van der Waals surface area (Å²) in [6.07, 6.45) is -0.906. The van der Waals surface area contributed by atoms with E-state index >= 15 is 0 Å². The van der Waals surface area contributed by atoms with Gasteiger partial charge in [-0.05, 0) is 6.92 Å². The summed E-state index contributed by atoms with van der Waals surface area (Å²) in [6.45, 7) is 2.68. The smallest absolute Gasteiger partial charge is 0.334 e. The van der Waals surface area contributed by atoms with Gasteiger partial charge >= 0.3 is 18.0 Å². The molecule has 8 nitrogen and oxygen atoms in total. The van der Waals surface area contributed by atoms with Gasteiger partial charge in [-0.15, -0.1) is 0 Å². The molecule has 1 unspecified atom stereocenters. The molecule has 1 atom stereocenters. The average Bonchev–Trinajstić information content (AvgIpc) is 2.39. The molecule has 1 fully saturated rings. The number of ether oxygens (including phenoxy) is 2. The summed E-state index contributed by atoms with van der Waals surface area (Å²) in [5.74, 6) is -1.47. The predicted molar refractivity (Wildman–Crippen MR) is 63.6 cm³/mol. The lowest BCUT2D eigenvalue weighted by atomic mass is 10.3. The number of esters is 1. The number of carboxylic acids is 1. The van der Waals surface area contributed by atoms with Crippen LogP contribution in [0.5, 0.6) is 0 Å². The second-order valence-electron chi connectivity index (χ2n) is 3.93. The Morgan fingerprint density at radius 1 is 1.47 bits per heavy atom. The Bertz CT molecular complexity index is 346. The normalized spacial score (nSPS) is 18.8. The highest BCUT2D eigenvalue weighted by Gasteiger charge is 2.28. The highest BCUT2D eigenvalue weighted by molar-refractivity contribution is 5.78. The first-order valence-corrected chi connectivity index (χ1v) is 6.07. The van der Waals surface area contributed by atoms with Crippen molar-refractivity contribution in [2.45, 2.75) is 19.4 Å². The van der Waals surface area contributed by atoms with Crippen molar-refractivity contribution in [3.05, 3.63) is 0 Å². The molecule has 1 heterocycles. The standard InChI is InChI=1S/C11H18N2O6/c1-2-18-9(14)3-4-12-11(17)13-5-6-19-8(7-13)10(15)16/h8H,2-7H2,1H3,(H,12,17)(H,15,16). The molecule has 1 aliphatic heterocycles. The minimum atomic E-state index is -1.09. The Kier molecular flexibility index (Phi) is 6.07. The lowest BCUT2D eigenvalue weighted by Gasteiger charge is -2.30. The predicted octanol–water partition coefficient (Wildman–Crippen LogP) is -0.565. The van der Waals surface area contributed by atoms with Gasteiger partial charge in [-0.25, -0.2) is 9.59 Å². The van der Waals surface area contributed by atoms with E-state index in [4.69, 9.17) is 14.6 Å². The van der Waals surface area contributed by atoms with Crippen LogP contribution >= 0.6 is 0 Å². The van der Waals surface area contributed by atoms with Gasteiger partial charge in [-0.3, -0.25) is 4.79 Å². The maximum absolute atomic E-state index is 11.7. The highest BCUT2D eigenvalue weighted by atomic mass is 16.5. The van der Waals surface area contributed by atoms with Crippen LogP contribution in [-0.2, 0) is 19.1 Å². The zero-order valence-corrected chi connectivity index (χ0v) is 10.8. The maximum Gasteiger partial charge on any atom is 0.334 e. The Morgan fingerprint density at radius 2 is 2.21 bits per heavy atom. The third kappa shape index (κ3) is 5.12. The molecule has 1 rings (SSSR count). The maximum atomic E-state index is 11.7. The van der Waals surface area contributed by atoms with E-state index in [1.165, 1.54) is 4.90 Å². The fourth-order valence-electron chi connectivity index (χ4n) is 1.60. The molecule has 0 saturated carbocycles. The van der Waals surface area contributed by atoms with Gasteiger partial charge in [0.1, 0.15) is 0 Å². The molecule has 108 valence electrons. The molecule has 19 heavy (non-hydrogen) atoms. The fraction of sp³-hybridized carbons (Fsp3) is 0.727. The molecule has 0 aromatic heterocycles. The second-order valence-corrected chi connectivity index (χ2v) is 3.93. The van der Waals surface area contributed by atoms with Crippen molar-refractivity contribution in [3.63, 3.8) is 0 Å². The number of nitrogens with one attached hydrogen (secondary N) is 1. The van der Waals surface area contributed by atoms with E-state index in [1.54, 1.807) is 6.92 Å². The molecule has 0 aliphatic carbocycles. The molecule has 0 aromatic rings. The highest BCUT2D eigenvalue weighted by Crippen LogP contribution is 2.05. The van der Waals surface area contributed by atoms with Crippen LogP contribution in [-0.4, -0.2) is 66.9 Å². The van der Waals surface area contributed by atoms with Crippen LogP contribution in [0.4, 0.5) is 4.79 Å². The molecule has 8 heteroatoms. The molecule has 2 amide bonds. The zero-order chi connectivity index (χ0) is 14.3. The fourth-order valence-corrected chi connectivity index (χ4v) is 1.60. The summed E-state index contributed by atoms with van der Waals surface area (Å²) >= 11 is 0. The number of carbonyl (C=O) groups is 3. The quantitative estimate of drug-likeness (QED) is 0.651. The molecule has 2 N–H and O–H groups in total. The van der Waals surface area contributed by atoms with Gasteiger partial charge < -0.3 is 24.8 Å². The van der Waals surface area contributed by atoms with E-state index in [2.05, 4.69) is 5.32 Å². The monoisotopic (exact) mass is 274 g/mol. The summed E-state index contributed by atoms with van der Waals surface area (Å²) in [4.78, 5) is 34.9. The summed E-state index contributed by atoms with van der Waals surface area (Å²) in [7, 11) is 0. The number of rotatable bonds is 5. The van der Waals surface area contributed by atoms with Crippen molar-refractivity contribution in [1.82, 2.24) is 10.2 Å². The summed E-state index contributed by atoms with van der Waals surface area (Å²) < 4.78 is 9.72. The number of morpholine rings is 1. The Balaban J connectivity index is 2.29. The number of carbonyl (C=O) groups excluding carboxylic acids is 2. The van der Waals surface area contributed by atoms with Gasteiger partial charge in [0.05, 0.1) is 26.2 Å². The lowest BCUT2D eigenvalue weighted by Crippen LogP contribution is -2.52. The average molecular weight is 274 g/mol. The third-order valence-electron chi connectivity index (χ3n) is 2.54. The van der Waals surface area contributed by atoms with Gasteiger partial charge in [0, 0.05) is 13.1 Å². The van der Waals surface area contributed by atoms with E-state index < -0.39 is 18.1 Å². The van der Waals surface area contributed by atoms with E-state index in [0.29, 0.717) is 13.2 Å². The van der Waals surface area contributed by atoms with Crippen LogP contribution in [0.3, 0.4) is 0 Å². The molecular weight excluding hydrogens is 256 g/mol. The largest absolute Gasteiger partial charge is 0.479 e. The molecular formula is C11H18N2O6. The first-order chi connectivity index (χ1) is 9.04. The van der Waals surface area contributed by atoms with Gasteiger partial charge in [0.25, 0.3) is 0 Å². The number of carboxylic acid groups (broad SMARTS) is 1. The second kappa shape index (κ2) is 7.57. The molecule has 0 aromatic carbocycles. The van der Waals surface area contributed by atoms with Gasteiger partial charge in [-0.1, -0.05) is 0 Å². The van der Waals surface area contributed by atoms with Crippen LogP contribution < -0.4 is 5.32 Å².